The molecule has 72 valence electrons. The first-order valence-electron chi connectivity index (χ1n) is 3.36. The third kappa shape index (κ3) is 2.28. The van der Waals surface area contributed by atoms with Gasteiger partial charge >= 0.3 is 6.18 Å². The molecule has 13 heavy (non-hydrogen) atoms. The minimum Gasteiger partial charge on any atom is -0.325 e. The zero-order chi connectivity index (χ0) is 10.1. The Morgan fingerprint density at radius 1 is 1.62 bits per heavy atom. The van der Waals surface area contributed by atoms with Gasteiger partial charge in [-0.1, -0.05) is 6.58 Å². The highest BCUT2D eigenvalue weighted by Gasteiger charge is 2.33. The molecule has 0 aliphatic carbocycles. The van der Waals surface area contributed by atoms with E-state index in [9.17, 15) is 13.2 Å². The van der Waals surface area contributed by atoms with Crippen LogP contribution in [0.3, 0.4) is 0 Å². The Hall–Kier alpha value is -0.880. The van der Waals surface area contributed by atoms with Gasteiger partial charge in [-0.2, -0.15) is 13.2 Å². The molecule has 0 unspecified atom stereocenters. The van der Waals surface area contributed by atoms with Gasteiger partial charge in [0.15, 0.2) is 0 Å². The Kier molecular flexibility index (Phi) is 2.72. The van der Waals surface area contributed by atoms with Crippen molar-refractivity contribution in [3.8, 4) is 0 Å². The van der Waals surface area contributed by atoms with Crippen molar-refractivity contribution in [3.63, 3.8) is 0 Å². The van der Waals surface area contributed by atoms with Crippen molar-refractivity contribution in [1.29, 1.82) is 0 Å². The summed E-state index contributed by atoms with van der Waals surface area (Å²) in [5.41, 5.74) is 4.34. The van der Waals surface area contributed by atoms with Crippen LogP contribution in [0.15, 0.2) is 12.8 Å². The number of halogens is 3. The van der Waals surface area contributed by atoms with Gasteiger partial charge in [-0.25, -0.2) is 4.98 Å². The molecule has 0 saturated carbocycles. The van der Waals surface area contributed by atoms with Crippen molar-refractivity contribution < 1.29 is 13.2 Å². The van der Waals surface area contributed by atoms with Gasteiger partial charge in [-0.15, -0.1) is 11.3 Å². The molecular weight excluding hydrogens is 201 g/mol. The van der Waals surface area contributed by atoms with Crippen molar-refractivity contribution in [2.45, 2.75) is 12.7 Å². The van der Waals surface area contributed by atoms with E-state index in [1.807, 2.05) is 0 Å². The van der Waals surface area contributed by atoms with Crippen LogP contribution in [0.25, 0.3) is 5.57 Å². The SMILES string of the molecule is C=C(c1cnc(CN)s1)C(F)(F)F. The molecule has 1 heterocycles. The molecule has 1 aromatic heterocycles. The summed E-state index contributed by atoms with van der Waals surface area (Å²) in [5.74, 6) is 0. The Balaban J connectivity index is 2.90. The highest BCUT2D eigenvalue weighted by Crippen LogP contribution is 2.34. The molecule has 0 amide bonds. The van der Waals surface area contributed by atoms with Gasteiger partial charge in [0, 0.05) is 12.7 Å². The average molecular weight is 208 g/mol. The molecule has 0 aliphatic heterocycles. The van der Waals surface area contributed by atoms with E-state index in [0.717, 1.165) is 17.5 Å². The molecule has 6 heteroatoms. The number of aromatic nitrogens is 1. The minimum absolute atomic E-state index is 0.0213. The average Bonchev–Trinajstić information content (AvgIpc) is 2.48. The molecule has 2 N–H and O–H groups in total. The Bertz CT molecular complexity index is 316. The monoisotopic (exact) mass is 208 g/mol. The fourth-order valence-corrected chi connectivity index (χ4v) is 1.47. The highest BCUT2D eigenvalue weighted by molar-refractivity contribution is 7.12. The topological polar surface area (TPSA) is 38.9 Å². The van der Waals surface area contributed by atoms with Crippen LogP contribution in [0, 0.1) is 0 Å². The molecule has 0 aliphatic rings. The molecule has 0 aromatic carbocycles. The van der Waals surface area contributed by atoms with Crippen molar-refractivity contribution in [2.75, 3.05) is 0 Å². The molecule has 0 radical (unpaired) electrons. The number of allylic oxidation sites excluding steroid dienone is 1. The number of nitrogens with zero attached hydrogens (tertiary/aromatic N) is 1. The smallest absolute Gasteiger partial charge is 0.325 e. The first kappa shape index (κ1) is 10.2. The van der Waals surface area contributed by atoms with Crippen LogP contribution in [-0.2, 0) is 6.54 Å². The summed E-state index contributed by atoms with van der Waals surface area (Å²) in [6, 6.07) is 0. The lowest BCUT2D eigenvalue weighted by Gasteiger charge is -2.06. The molecular formula is C7H7F3N2S. The number of rotatable bonds is 2. The van der Waals surface area contributed by atoms with E-state index < -0.39 is 11.7 Å². The van der Waals surface area contributed by atoms with Gasteiger partial charge in [0.25, 0.3) is 0 Å². The molecule has 0 atom stereocenters. The van der Waals surface area contributed by atoms with E-state index >= 15 is 0 Å². The van der Waals surface area contributed by atoms with E-state index in [1.54, 1.807) is 0 Å². The lowest BCUT2D eigenvalue weighted by atomic mass is 10.3. The minimum atomic E-state index is -4.39. The molecule has 2 nitrogen and oxygen atoms in total. The number of hydrogen-bond donors (Lipinski definition) is 1. The van der Waals surface area contributed by atoms with Crippen LogP contribution in [0.4, 0.5) is 13.2 Å². The Labute approximate surface area is 76.9 Å². The summed E-state index contributed by atoms with van der Waals surface area (Å²) in [6.45, 7) is 3.10. The van der Waals surface area contributed by atoms with Crippen molar-refractivity contribution >= 4 is 16.9 Å². The van der Waals surface area contributed by atoms with Gasteiger partial charge < -0.3 is 5.73 Å². The fourth-order valence-electron chi connectivity index (χ4n) is 0.684. The summed E-state index contributed by atoms with van der Waals surface area (Å²) < 4.78 is 36.3. The maximum absolute atomic E-state index is 12.1. The van der Waals surface area contributed by atoms with Gasteiger partial charge in [-0.3, -0.25) is 0 Å². The lowest BCUT2D eigenvalue weighted by molar-refractivity contribution is -0.0684. The second kappa shape index (κ2) is 3.47. The number of hydrogen-bond acceptors (Lipinski definition) is 3. The maximum atomic E-state index is 12.1. The zero-order valence-electron chi connectivity index (χ0n) is 6.56. The fraction of sp³-hybridized carbons (Fsp3) is 0.286. The summed E-state index contributed by atoms with van der Waals surface area (Å²) in [7, 11) is 0. The first-order valence-corrected chi connectivity index (χ1v) is 4.18. The van der Waals surface area contributed by atoms with E-state index in [0.29, 0.717) is 5.01 Å². The molecule has 1 rings (SSSR count). The van der Waals surface area contributed by atoms with Crippen molar-refractivity contribution in [2.24, 2.45) is 5.73 Å². The number of thiazole rings is 1. The molecule has 0 fully saturated rings. The second-order valence-electron chi connectivity index (χ2n) is 2.30. The highest BCUT2D eigenvalue weighted by atomic mass is 32.1. The molecule has 0 bridgehead atoms. The van der Waals surface area contributed by atoms with Crippen LogP contribution < -0.4 is 5.73 Å². The lowest BCUT2D eigenvalue weighted by Crippen LogP contribution is -2.08. The van der Waals surface area contributed by atoms with Crippen molar-refractivity contribution in [1.82, 2.24) is 4.98 Å². The van der Waals surface area contributed by atoms with Gasteiger partial charge in [-0.05, 0) is 0 Å². The Morgan fingerprint density at radius 2 is 2.23 bits per heavy atom. The predicted octanol–water partition coefficient (Wildman–Crippen LogP) is 2.18. The van der Waals surface area contributed by atoms with Crippen LogP contribution in [0.1, 0.15) is 9.88 Å². The molecule has 0 saturated heterocycles. The van der Waals surface area contributed by atoms with Gasteiger partial charge in [0.1, 0.15) is 5.01 Å². The van der Waals surface area contributed by atoms with E-state index in [4.69, 9.17) is 5.73 Å². The Morgan fingerprint density at radius 3 is 2.62 bits per heavy atom. The van der Waals surface area contributed by atoms with Crippen LogP contribution in [-0.4, -0.2) is 11.2 Å². The number of nitrogens with two attached hydrogens (primary N) is 1. The van der Waals surface area contributed by atoms with Crippen LogP contribution >= 0.6 is 11.3 Å². The summed E-state index contributed by atoms with van der Waals surface area (Å²) in [6.07, 6.45) is -3.25. The third-order valence-corrected chi connectivity index (χ3v) is 2.45. The molecule has 1 aromatic rings. The largest absolute Gasteiger partial charge is 0.417 e. The van der Waals surface area contributed by atoms with Gasteiger partial charge in [0.05, 0.1) is 10.5 Å². The van der Waals surface area contributed by atoms with Gasteiger partial charge in [0.2, 0.25) is 0 Å². The molecule has 0 spiro atoms. The van der Waals surface area contributed by atoms with Crippen LogP contribution in [0.5, 0.6) is 0 Å². The van der Waals surface area contributed by atoms with Crippen molar-refractivity contribution in [3.05, 3.63) is 22.7 Å². The normalized spacial score (nSPS) is 11.7. The number of alkyl halides is 3. The predicted molar refractivity (Wildman–Crippen MR) is 45.1 cm³/mol. The zero-order valence-corrected chi connectivity index (χ0v) is 7.37. The van der Waals surface area contributed by atoms with E-state index in [-0.39, 0.29) is 11.4 Å². The third-order valence-electron chi connectivity index (χ3n) is 1.37. The van der Waals surface area contributed by atoms with E-state index in [2.05, 4.69) is 11.6 Å². The van der Waals surface area contributed by atoms with E-state index in [1.165, 1.54) is 0 Å². The first-order chi connectivity index (χ1) is 5.95. The second-order valence-corrected chi connectivity index (χ2v) is 3.41. The van der Waals surface area contributed by atoms with Crippen LogP contribution in [0.2, 0.25) is 0 Å². The quantitative estimate of drug-likeness (QED) is 0.809. The summed E-state index contributed by atoms with van der Waals surface area (Å²) in [4.78, 5) is 3.72. The maximum Gasteiger partial charge on any atom is 0.417 e. The standard InChI is InChI=1S/C7H7F3N2S/c1-4(7(8,9)10)5-3-12-6(2-11)13-5/h3H,1-2,11H2. The summed E-state index contributed by atoms with van der Waals surface area (Å²) >= 11 is 0.912. The summed E-state index contributed by atoms with van der Waals surface area (Å²) in [5, 5.41) is 0.473.